The number of piperidine rings is 2. The fourth-order valence-electron chi connectivity index (χ4n) is 3.56. The van der Waals surface area contributed by atoms with Crippen molar-refractivity contribution in [3.05, 3.63) is 0 Å². The van der Waals surface area contributed by atoms with E-state index in [0.717, 1.165) is 25.9 Å². The molecule has 1 N–H and O–H groups in total. The van der Waals surface area contributed by atoms with Gasteiger partial charge in [-0.2, -0.15) is 0 Å². The van der Waals surface area contributed by atoms with Crippen LogP contribution in [0.4, 0.5) is 0 Å². The summed E-state index contributed by atoms with van der Waals surface area (Å²) in [5, 5.41) is 3.51. The van der Waals surface area contributed by atoms with Crippen LogP contribution in [-0.2, 0) is 4.79 Å². The summed E-state index contributed by atoms with van der Waals surface area (Å²) in [7, 11) is 0. The molecule has 1 aliphatic carbocycles. The Morgan fingerprint density at radius 2 is 1.88 bits per heavy atom. The Kier molecular flexibility index (Phi) is 2.88. The molecule has 1 amide bonds. The van der Waals surface area contributed by atoms with Crippen molar-refractivity contribution in [3.63, 3.8) is 0 Å². The van der Waals surface area contributed by atoms with Crippen LogP contribution >= 0.6 is 0 Å². The largest absolute Gasteiger partial charge is 0.337 e. The third kappa shape index (κ3) is 1.86. The van der Waals surface area contributed by atoms with Crippen molar-refractivity contribution < 1.29 is 4.79 Å². The Bertz CT molecular complexity index is 265. The summed E-state index contributed by atoms with van der Waals surface area (Å²) in [6.07, 6.45) is 8.61. The van der Waals surface area contributed by atoms with Gasteiger partial charge in [-0.25, -0.2) is 0 Å². The maximum Gasteiger partial charge on any atom is 0.226 e. The van der Waals surface area contributed by atoms with E-state index in [4.69, 9.17) is 0 Å². The van der Waals surface area contributed by atoms with Gasteiger partial charge in [-0.1, -0.05) is 19.3 Å². The summed E-state index contributed by atoms with van der Waals surface area (Å²) in [6.45, 7) is 2.00. The fourth-order valence-corrected chi connectivity index (χ4v) is 3.56. The minimum Gasteiger partial charge on any atom is -0.337 e. The van der Waals surface area contributed by atoms with Gasteiger partial charge in [-0.3, -0.25) is 4.79 Å². The molecule has 3 heterocycles. The van der Waals surface area contributed by atoms with Gasteiger partial charge in [0.1, 0.15) is 0 Å². The van der Waals surface area contributed by atoms with Gasteiger partial charge in [0.25, 0.3) is 0 Å². The average Bonchev–Trinajstić information content (AvgIpc) is 2.40. The van der Waals surface area contributed by atoms with Crippen LogP contribution in [0.5, 0.6) is 0 Å². The molecule has 1 saturated carbocycles. The predicted octanol–water partition coefficient (Wildman–Crippen LogP) is 1.53. The third-order valence-corrected chi connectivity index (χ3v) is 4.59. The molecule has 16 heavy (non-hydrogen) atoms. The van der Waals surface area contributed by atoms with E-state index in [-0.39, 0.29) is 0 Å². The summed E-state index contributed by atoms with van der Waals surface area (Å²) in [5.41, 5.74) is 0. The molecule has 3 saturated heterocycles. The molecule has 2 atom stereocenters. The number of amides is 1. The van der Waals surface area contributed by atoms with E-state index < -0.39 is 0 Å². The molecule has 3 aliphatic heterocycles. The quantitative estimate of drug-likeness (QED) is 0.729. The topological polar surface area (TPSA) is 32.3 Å². The predicted molar refractivity (Wildman–Crippen MR) is 63.1 cm³/mol. The Balaban J connectivity index is 1.65. The fraction of sp³-hybridized carbons (Fsp3) is 0.923. The highest BCUT2D eigenvalue weighted by Crippen LogP contribution is 2.29. The Hall–Kier alpha value is -0.570. The second-order valence-corrected chi connectivity index (χ2v) is 5.66. The molecule has 90 valence electrons. The lowest BCUT2D eigenvalue weighted by molar-refractivity contribution is -0.142. The minimum atomic E-state index is 0.355. The highest BCUT2D eigenvalue weighted by Gasteiger charge is 2.38. The normalized spacial score (nSPS) is 35.4. The summed E-state index contributed by atoms with van der Waals surface area (Å²) >= 11 is 0. The lowest BCUT2D eigenvalue weighted by Crippen LogP contribution is -2.63. The molecule has 0 aromatic carbocycles. The molecule has 2 bridgehead atoms. The number of rotatable bonds is 1. The van der Waals surface area contributed by atoms with Crippen LogP contribution in [0.25, 0.3) is 0 Å². The summed E-state index contributed by atoms with van der Waals surface area (Å²) < 4.78 is 0. The van der Waals surface area contributed by atoms with E-state index in [1.807, 2.05) is 0 Å². The smallest absolute Gasteiger partial charge is 0.226 e. The van der Waals surface area contributed by atoms with Crippen LogP contribution in [0.2, 0.25) is 0 Å². The van der Waals surface area contributed by atoms with Crippen LogP contribution in [0.15, 0.2) is 0 Å². The highest BCUT2D eigenvalue weighted by atomic mass is 16.2. The van der Waals surface area contributed by atoms with Crippen LogP contribution in [0.3, 0.4) is 0 Å². The third-order valence-electron chi connectivity index (χ3n) is 4.59. The van der Waals surface area contributed by atoms with Crippen molar-refractivity contribution in [2.24, 2.45) is 5.92 Å². The van der Waals surface area contributed by atoms with Gasteiger partial charge >= 0.3 is 0 Å². The van der Waals surface area contributed by atoms with E-state index in [9.17, 15) is 4.79 Å². The van der Waals surface area contributed by atoms with E-state index in [2.05, 4.69) is 10.2 Å². The number of piperazine rings is 1. The molecule has 3 nitrogen and oxygen atoms in total. The zero-order valence-corrected chi connectivity index (χ0v) is 9.95. The number of nitrogens with one attached hydrogen (secondary N) is 1. The Labute approximate surface area is 97.6 Å². The number of carbonyl (C=O) groups is 1. The average molecular weight is 222 g/mol. The van der Waals surface area contributed by atoms with Gasteiger partial charge in [0.15, 0.2) is 0 Å². The maximum atomic E-state index is 12.4. The standard InChI is InChI=1S/C13H22N2O/c16-13(10-4-2-1-3-5-10)15-9-11-6-7-12(15)8-14-11/h10-12,14H,1-9H2. The lowest BCUT2D eigenvalue weighted by Gasteiger charge is -2.47. The molecule has 4 fully saturated rings. The van der Waals surface area contributed by atoms with Crippen molar-refractivity contribution in [1.29, 1.82) is 0 Å². The van der Waals surface area contributed by atoms with Gasteiger partial charge in [0.05, 0.1) is 0 Å². The van der Waals surface area contributed by atoms with E-state index in [0.29, 0.717) is 23.9 Å². The van der Waals surface area contributed by atoms with E-state index in [1.54, 1.807) is 0 Å². The number of fused-ring (bicyclic) bond motifs is 3. The SMILES string of the molecule is O=C(C1CCCCC1)N1CC2CCC1CN2. The van der Waals surface area contributed by atoms with Crippen molar-refractivity contribution in [2.45, 2.75) is 57.0 Å². The summed E-state index contributed by atoms with van der Waals surface area (Å²) in [4.78, 5) is 14.6. The first kappa shape index (κ1) is 10.6. The van der Waals surface area contributed by atoms with Crippen molar-refractivity contribution in [1.82, 2.24) is 10.2 Å². The summed E-state index contributed by atoms with van der Waals surface area (Å²) in [5.74, 6) is 0.823. The molecular weight excluding hydrogens is 200 g/mol. The van der Waals surface area contributed by atoms with Crippen LogP contribution < -0.4 is 5.32 Å². The molecule has 4 aliphatic rings. The van der Waals surface area contributed by atoms with Crippen LogP contribution in [-0.4, -0.2) is 36.0 Å². The van der Waals surface area contributed by atoms with Crippen molar-refractivity contribution >= 4 is 5.91 Å². The number of hydrogen-bond acceptors (Lipinski definition) is 2. The number of hydrogen-bond donors (Lipinski definition) is 1. The zero-order valence-electron chi connectivity index (χ0n) is 9.95. The molecule has 2 unspecified atom stereocenters. The number of nitrogens with zero attached hydrogens (tertiary/aromatic N) is 1. The molecule has 0 radical (unpaired) electrons. The second kappa shape index (κ2) is 4.36. The van der Waals surface area contributed by atoms with Crippen molar-refractivity contribution in [3.8, 4) is 0 Å². The van der Waals surface area contributed by atoms with E-state index >= 15 is 0 Å². The van der Waals surface area contributed by atoms with Crippen LogP contribution in [0.1, 0.15) is 44.9 Å². The first-order valence-corrected chi connectivity index (χ1v) is 6.88. The van der Waals surface area contributed by atoms with Gasteiger partial charge in [-0.05, 0) is 25.7 Å². The highest BCUT2D eigenvalue weighted by molar-refractivity contribution is 5.79. The monoisotopic (exact) mass is 222 g/mol. The Morgan fingerprint density at radius 3 is 2.44 bits per heavy atom. The molecule has 4 rings (SSSR count). The molecule has 3 heteroatoms. The van der Waals surface area contributed by atoms with Gasteiger partial charge in [-0.15, -0.1) is 0 Å². The van der Waals surface area contributed by atoms with Gasteiger partial charge in [0, 0.05) is 31.1 Å². The Morgan fingerprint density at radius 1 is 1.06 bits per heavy atom. The number of carbonyl (C=O) groups excluding carboxylic acids is 1. The van der Waals surface area contributed by atoms with E-state index in [1.165, 1.54) is 32.1 Å². The van der Waals surface area contributed by atoms with Gasteiger partial charge in [0.2, 0.25) is 5.91 Å². The van der Waals surface area contributed by atoms with Crippen LogP contribution in [0, 0.1) is 5.92 Å². The van der Waals surface area contributed by atoms with Crippen molar-refractivity contribution in [2.75, 3.05) is 13.1 Å². The first-order valence-electron chi connectivity index (χ1n) is 6.88. The maximum absolute atomic E-state index is 12.4. The first-order chi connectivity index (χ1) is 7.84. The minimum absolute atomic E-state index is 0.355. The summed E-state index contributed by atoms with van der Waals surface area (Å²) in [6, 6.07) is 1.08. The molecule has 0 spiro atoms. The van der Waals surface area contributed by atoms with Gasteiger partial charge < -0.3 is 10.2 Å². The molecular formula is C13H22N2O. The lowest BCUT2D eigenvalue weighted by atomic mass is 9.85. The molecule has 0 aromatic rings. The zero-order chi connectivity index (χ0) is 11.0. The second-order valence-electron chi connectivity index (χ2n) is 5.66. The molecule has 0 aromatic heterocycles.